The lowest BCUT2D eigenvalue weighted by Crippen LogP contribution is -2.24. The molecule has 2 aromatic heterocycles. The molecular formula is C12H11Cl2N5O2S. The van der Waals surface area contributed by atoms with Gasteiger partial charge in [-0.2, -0.15) is 0 Å². The van der Waals surface area contributed by atoms with Gasteiger partial charge in [-0.05, 0) is 13.0 Å². The minimum Gasteiger partial charge on any atom is -0.383 e. The highest BCUT2D eigenvalue weighted by atomic mass is 35.5. The molecule has 0 radical (unpaired) electrons. The number of aromatic amines is 1. The van der Waals surface area contributed by atoms with Gasteiger partial charge in [0.25, 0.3) is 5.56 Å². The normalized spacial score (nSPS) is 12.0. The minimum absolute atomic E-state index is 0.0845. The Morgan fingerprint density at radius 1 is 1.45 bits per heavy atom. The maximum atomic E-state index is 12.1. The van der Waals surface area contributed by atoms with Crippen LogP contribution in [0.25, 0.3) is 0 Å². The molecule has 0 aliphatic carbocycles. The number of rotatable bonds is 4. The van der Waals surface area contributed by atoms with Crippen molar-refractivity contribution in [1.82, 2.24) is 15.0 Å². The van der Waals surface area contributed by atoms with Crippen molar-refractivity contribution in [2.75, 3.05) is 11.1 Å². The van der Waals surface area contributed by atoms with E-state index in [9.17, 15) is 9.59 Å². The molecule has 4 N–H and O–H groups in total. The number of carbonyl (C=O) groups is 1. The van der Waals surface area contributed by atoms with E-state index in [1.165, 1.54) is 12.3 Å². The largest absolute Gasteiger partial charge is 0.383 e. The SMILES string of the molecule is CC(Sc1nc(N)cc(=O)[nH]1)C(=O)Nc1ncc(Cl)cc1Cl. The molecule has 0 aromatic carbocycles. The molecule has 10 heteroatoms. The van der Waals surface area contributed by atoms with Crippen LogP contribution in [0.15, 0.2) is 28.3 Å². The molecule has 7 nitrogen and oxygen atoms in total. The van der Waals surface area contributed by atoms with Gasteiger partial charge in [0.1, 0.15) is 5.82 Å². The van der Waals surface area contributed by atoms with Crippen molar-refractivity contribution < 1.29 is 4.79 Å². The van der Waals surface area contributed by atoms with Gasteiger partial charge < -0.3 is 16.0 Å². The summed E-state index contributed by atoms with van der Waals surface area (Å²) in [6.07, 6.45) is 1.37. The number of pyridine rings is 1. The van der Waals surface area contributed by atoms with Crippen LogP contribution in [0.4, 0.5) is 11.6 Å². The van der Waals surface area contributed by atoms with Gasteiger partial charge in [-0.3, -0.25) is 9.59 Å². The predicted molar refractivity (Wildman–Crippen MR) is 87.5 cm³/mol. The average molecular weight is 360 g/mol. The Balaban J connectivity index is 2.07. The highest BCUT2D eigenvalue weighted by Gasteiger charge is 2.18. The number of thioether (sulfide) groups is 1. The number of nitrogens with two attached hydrogens (primary N) is 1. The fourth-order valence-corrected chi connectivity index (χ4v) is 2.70. The predicted octanol–water partition coefficient (Wildman–Crippen LogP) is 2.17. The van der Waals surface area contributed by atoms with Crippen LogP contribution in [-0.4, -0.2) is 26.1 Å². The molecule has 0 aliphatic rings. The molecule has 0 saturated heterocycles. The number of halogens is 2. The first-order chi connectivity index (χ1) is 10.3. The lowest BCUT2D eigenvalue weighted by Gasteiger charge is -2.11. The van der Waals surface area contributed by atoms with Crippen LogP contribution in [0.2, 0.25) is 10.0 Å². The topological polar surface area (TPSA) is 114 Å². The molecule has 0 saturated carbocycles. The summed E-state index contributed by atoms with van der Waals surface area (Å²) in [5.74, 6) is -0.0642. The van der Waals surface area contributed by atoms with E-state index in [-0.39, 0.29) is 33.3 Å². The molecular weight excluding hydrogens is 349 g/mol. The summed E-state index contributed by atoms with van der Waals surface area (Å²) in [7, 11) is 0. The molecule has 1 amide bonds. The van der Waals surface area contributed by atoms with E-state index in [1.54, 1.807) is 6.92 Å². The molecule has 1 unspecified atom stereocenters. The molecule has 2 heterocycles. The molecule has 116 valence electrons. The Morgan fingerprint density at radius 2 is 2.18 bits per heavy atom. The van der Waals surface area contributed by atoms with Gasteiger partial charge in [0.05, 0.1) is 15.3 Å². The van der Waals surface area contributed by atoms with Crippen LogP contribution in [0.1, 0.15) is 6.92 Å². The zero-order chi connectivity index (χ0) is 16.3. The minimum atomic E-state index is -0.557. The van der Waals surface area contributed by atoms with E-state index in [4.69, 9.17) is 28.9 Å². The van der Waals surface area contributed by atoms with Gasteiger partial charge in [-0.1, -0.05) is 35.0 Å². The van der Waals surface area contributed by atoms with Gasteiger partial charge in [-0.25, -0.2) is 9.97 Å². The van der Waals surface area contributed by atoms with Crippen LogP contribution >= 0.6 is 35.0 Å². The van der Waals surface area contributed by atoms with Crippen LogP contribution in [0.5, 0.6) is 0 Å². The number of nitrogen functional groups attached to an aromatic ring is 1. The maximum Gasteiger partial charge on any atom is 0.253 e. The first kappa shape index (κ1) is 16.6. The lowest BCUT2D eigenvalue weighted by molar-refractivity contribution is -0.115. The van der Waals surface area contributed by atoms with E-state index in [0.29, 0.717) is 5.02 Å². The second kappa shape index (κ2) is 6.99. The summed E-state index contributed by atoms with van der Waals surface area (Å²) in [6, 6.07) is 2.63. The zero-order valence-corrected chi connectivity index (χ0v) is 13.6. The maximum absolute atomic E-state index is 12.1. The number of amides is 1. The fraction of sp³-hybridized carbons (Fsp3) is 0.167. The highest BCUT2D eigenvalue weighted by molar-refractivity contribution is 8.00. The third-order valence-electron chi connectivity index (χ3n) is 2.45. The summed E-state index contributed by atoms with van der Waals surface area (Å²) in [5, 5.41) is 2.87. The molecule has 1 atom stereocenters. The van der Waals surface area contributed by atoms with E-state index in [2.05, 4.69) is 20.3 Å². The third kappa shape index (κ3) is 4.36. The Morgan fingerprint density at radius 3 is 2.82 bits per heavy atom. The van der Waals surface area contributed by atoms with E-state index < -0.39 is 5.25 Å². The van der Waals surface area contributed by atoms with E-state index in [1.807, 2.05) is 0 Å². The summed E-state index contributed by atoms with van der Waals surface area (Å²) >= 11 is 12.7. The molecule has 22 heavy (non-hydrogen) atoms. The van der Waals surface area contributed by atoms with Gasteiger partial charge in [0, 0.05) is 12.3 Å². The number of aromatic nitrogens is 3. The number of hydrogen-bond donors (Lipinski definition) is 3. The standard InChI is InChI=1S/C12H11Cl2N5O2S/c1-5(22-12-17-8(15)3-9(20)18-12)11(21)19-10-7(14)2-6(13)4-16-10/h2-5H,1H3,(H,16,19,21)(H3,15,17,18,20). The van der Waals surface area contributed by atoms with Crippen LogP contribution in [-0.2, 0) is 4.79 Å². The summed E-state index contributed by atoms with van der Waals surface area (Å²) in [5.41, 5.74) is 5.10. The zero-order valence-electron chi connectivity index (χ0n) is 11.3. The quantitative estimate of drug-likeness (QED) is 0.569. The molecule has 0 aliphatic heterocycles. The number of nitrogens with zero attached hydrogens (tertiary/aromatic N) is 2. The number of carbonyl (C=O) groups excluding carboxylic acids is 1. The number of H-pyrrole nitrogens is 1. The van der Waals surface area contributed by atoms with Gasteiger partial charge in [0.2, 0.25) is 5.91 Å². The molecule has 2 rings (SSSR count). The van der Waals surface area contributed by atoms with Crippen molar-refractivity contribution >= 4 is 52.5 Å². The first-order valence-electron chi connectivity index (χ1n) is 6.00. The lowest BCUT2D eigenvalue weighted by atomic mass is 10.4. The number of nitrogens with one attached hydrogen (secondary N) is 2. The average Bonchev–Trinajstić information content (AvgIpc) is 2.40. The Labute approximate surface area is 139 Å². The summed E-state index contributed by atoms with van der Waals surface area (Å²) in [6.45, 7) is 1.65. The van der Waals surface area contributed by atoms with Crippen LogP contribution in [0, 0.1) is 0 Å². The second-order valence-corrected chi connectivity index (χ2v) is 6.38. The first-order valence-corrected chi connectivity index (χ1v) is 7.64. The Kier molecular flexibility index (Phi) is 5.28. The molecule has 0 bridgehead atoms. The number of hydrogen-bond acceptors (Lipinski definition) is 6. The van der Waals surface area contributed by atoms with E-state index in [0.717, 1.165) is 17.8 Å². The second-order valence-electron chi connectivity index (χ2n) is 4.21. The van der Waals surface area contributed by atoms with Gasteiger partial charge >= 0.3 is 0 Å². The molecule has 0 spiro atoms. The van der Waals surface area contributed by atoms with Crippen LogP contribution in [0.3, 0.4) is 0 Å². The van der Waals surface area contributed by atoms with Crippen molar-refractivity contribution in [3.63, 3.8) is 0 Å². The van der Waals surface area contributed by atoms with Crippen molar-refractivity contribution in [2.45, 2.75) is 17.3 Å². The van der Waals surface area contributed by atoms with Crippen molar-refractivity contribution in [2.24, 2.45) is 0 Å². The molecule has 0 fully saturated rings. The monoisotopic (exact) mass is 359 g/mol. The van der Waals surface area contributed by atoms with Crippen LogP contribution < -0.4 is 16.6 Å². The fourth-order valence-electron chi connectivity index (χ4n) is 1.45. The van der Waals surface area contributed by atoms with Gasteiger partial charge in [-0.15, -0.1) is 0 Å². The third-order valence-corrected chi connectivity index (χ3v) is 3.93. The number of anilines is 2. The summed E-state index contributed by atoms with van der Waals surface area (Å²) in [4.78, 5) is 33.8. The highest BCUT2D eigenvalue weighted by Crippen LogP contribution is 2.24. The summed E-state index contributed by atoms with van der Waals surface area (Å²) < 4.78 is 0. The Hall–Kier alpha value is -1.77. The van der Waals surface area contributed by atoms with E-state index >= 15 is 0 Å². The molecule has 2 aromatic rings. The van der Waals surface area contributed by atoms with Crippen molar-refractivity contribution in [3.05, 3.63) is 38.7 Å². The van der Waals surface area contributed by atoms with Crippen molar-refractivity contribution in [3.8, 4) is 0 Å². The smallest absolute Gasteiger partial charge is 0.253 e. The van der Waals surface area contributed by atoms with Crippen molar-refractivity contribution in [1.29, 1.82) is 0 Å². The van der Waals surface area contributed by atoms with Gasteiger partial charge in [0.15, 0.2) is 11.0 Å². The Bertz CT molecular complexity index is 767.